The number of furan rings is 1. The standard InChI is InChI=1S/C14H11N3O6/c1-9-2-3-13(23-9)7-15-8-14(18)10-4-11(16(19)20)6-12(5-10)17(21)22/h2-7H,8H2,1H3. The molecular weight excluding hydrogens is 306 g/mol. The van der Waals surface area contributed by atoms with E-state index >= 15 is 0 Å². The molecule has 0 N–H and O–H groups in total. The van der Waals surface area contributed by atoms with E-state index in [9.17, 15) is 25.0 Å². The van der Waals surface area contributed by atoms with Crippen LogP contribution in [0.1, 0.15) is 21.9 Å². The quantitative estimate of drug-likeness (QED) is 0.348. The van der Waals surface area contributed by atoms with Crippen molar-refractivity contribution in [2.45, 2.75) is 6.92 Å². The van der Waals surface area contributed by atoms with Gasteiger partial charge in [0.1, 0.15) is 18.1 Å². The fraction of sp³-hybridized carbons (Fsp3) is 0.143. The molecule has 0 aliphatic carbocycles. The third-order valence-electron chi connectivity index (χ3n) is 2.86. The summed E-state index contributed by atoms with van der Waals surface area (Å²) < 4.78 is 5.23. The average Bonchev–Trinajstić information content (AvgIpc) is 2.92. The molecule has 2 aromatic rings. The van der Waals surface area contributed by atoms with Crippen molar-refractivity contribution in [1.82, 2.24) is 0 Å². The van der Waals surface area contributed by atoms with Gasteiger partial charge in [-0.05, 0) is 19.1 Å². The number of nitrogens with zero attached hydrogens (tertiary/aromatic N) is 3. The molecule has 0 aliphatic rings. The molecule has 2 rings (SSSR count). The number of hydrogen-bond donors (Lipinski definition) is 0. The number of hydrogen-bond acceptors (Lipinski definition) is 7. The molecule has 0 bridgehead atoms. The van der Waals surface area contributed by atoms with Crippen molar-refractivity contribution in [1.29, 1.82) is 0 Å². The first kappa shape index (κ1) is 16.0. The van der Waals surface area contributed by atoms with Gasteiger partial charge in [-0.15, -0.1) is 0 Å². The van der Waals surface area contributed by atoms with Gasteiger partial charge in [-0.3, -0.25) is 30.0 Å². The summed E-state index contributed by atoms with van der Waals surface area (Å²) in [5.74, 6) is 0.573. The summed E-state index contributed by atoms with van der Waals surface area (Å²) in [7, 11) is 0. The topological polar surface area (TPSA) is 129 Å². The number of nitro benzene ring substituents is 2. The lowest BCUT2D eigenvalue weighted by Gasteiger charge is -1.99. The van der Waals surface area contributed by atoms with Crippen LogP contribution in [0, 0.1) is 27.2 Å². The molecule has 23 heavy (non-hydrogen) atoms. The number of ketones is 1. The van der Waals surface area contributed by atoms with Crippen molar-refractivity contribution in [3.63, 3.8) is 0 Å². The zero-order valence-corrected chi connectivity index (χ0v) is 12.0. The highest BCUT2D eigenvalue weighted by atomic mass is 16.6. The van der Waals surface area contributed by atoms with Gasteiger partial charge in [-0.1, -0.05) is 0 Å². The maximum Gasteiger partial charge on any atom is 0.277 e. The molecule has 0 aliphatic heterocycles. The minimum absolute atomic E-state index is 0.140. The van der Waals surface area contributed by atoms with Gasteiger partial charge in [0.25, 0.3) is 11.4 Å². The molecule has 0 amide bonds. The Morgan fingerprint density at radius 1 is 1.17 bits per heavy atom. The van der Waals surface area contributed by atoms with Gasteiger partial charge in [0.15, 0.2) is 5.78 Å². The van der Waals surface area contributed by atoms with Crippen LogP contribution >= 0.6 is 0 Å². The lowest BCUT2D eigenvalue weighted by Crippen LogP contribution is -2.05. The Bertz CT molecular complexity index is 776. The lowest BCUT2D eigenvalue weighted by atomic mass is 10.1. The summed E-state index contributed by atoms with van der Waals surface area (Å²) in [5.41, 5.74) is -1.18. The number of non-ortho nitro benzene ring substituents is 2. The smallest absolute Gasteiger partial charge is 0.277 e. The van der Waals surface area contributed by atoms with Gasteiger partial charge in [-0.2, -0.15) is 0 Å². The summed E-state index contributed by atoms with van der Waals surface area (Å²) in [6.45, 7) is 1.45. The highest BCUT2D eigenvalue weighted by Gasteiger charge is 2.19. The average molecular weight is 317 g/mol. The number of Topliss-reactive ketones (excluding diaryl/α,β-unsaturated/α-hetero) is 1. The maximum absolute atomic E-state index is 12.0. The Kier molecular flexibility index (Phi) is 4.60. The second-order valence-electron chi connectivity index (χ2n) is 4.59. The van der Waals surface area contributed by atoms with Crippen LogP contribution in [0.2, 0.25) is 0 Å². The van der Waals surface area contributed by atoms with E-state index in [1.165, 1.54) is 6.21 Å². The minimum atomic E-state index is -0.793. The van der Waals surface area contributed by atoms with Crippen LogP contribution in [0.25, 0.3) is 0 Å². The van der Waals surface area contributed by atoms with Crippen LogP contribution < -0.4 is 0 Å². The summed E-state index contributed by atoms with van der Waals surface area (Å²) in [6.07, 6.45) is 1.34. The zero-order valence-electron chi connectivity index (χ0n) is 12.0. The van der Waals surface area contributed by atoms with E-state index < -0.39 is 27.0 Å². The van der Waals surface area contributed by atoms with E-state index in [0.29, 0.717) is 11.5 Å². The van der Waals surface area contributed by atoms with Gasteiger partial charge in [0.05, 0.1) is 22.1 Å². The SMILES string of the molecule is Cc1ccc(C=NCC(=O)c2cc([N+](=O)[O-])cc([N+](=O)[O-])c2)o1. The monoisotopic (exact) mass is 317 g/mol. The number of aryl methyl sites for hydroxylation is 1. The molecule has 9 heteroatoms. The summed E-state index contributed by atoms with van der Waals surface area (Å²) in [5, 5.41) is 21.6. The molecule has 0 radical (unpaired) electrons. The van der Waals surface area contributed by atoms with Crippen LogP contribution in [0.4, 0.5) is 11.4 Å². The van der Waals surface area contributed by atoms with E-state index in [4.69, 9.17) is 4.42 Å². The number of carbonyl (C=O) groups is 1. The third kappa shape index (κ3) is 4.06. The van der Waals surface area contributed by atoms with E-state index in [2.05, 4.69) is 4.99 Å². The van der Waals surface area contributed by atoms with Crippen molar-refractivity contribution in [2.24, 2.45) is 4.99 Å². The van der Waals surface area contributed by atoms with Crippen molar-refractivity contribution in [3.8, 4) is 0 Å². The predicted octanol–water partition coefficient (Wildman–Crippen LogP) is 2.71. The second kappa shape index (κ2) is 6.60. The van der Waals surface area contributed by atoms with E-state index in [1.54, 1.807) is 19.1 Å². The number of rotatable bonds is 6. The lowest BCUT2D eigenvalue weighted by molar-refractivity contribution is -0.394. The van der Waals surface area contributed by atoms with Gasteiger partial charge in [0.2, 0.25) is 0 Å². The summed E-state index contributed by atoms with van der Waals surface area (Å²) >= 11 is 0. The van der Waals surface area contributed by atoms with Crippen LogP contribution in [0.5, 0.6) is 0 Å². The Morgan fingerprint density at radius 3 is 2.26 bits per heavy atom. The molecule has 0 atom stereocenters. The van der Waals surface area contributed by atoms with E-state index in [-0.39, 0.29) is 12.1 Å². The summed E-state index contributed by atoms with van der Waals surface area (Å²) in [6, 6.07) is 6.17. The van der Waals surface area contributed by atoms with Gasteiger partial charge in [0, 0.05) is 17.7 Å². The first-order chi connectivity index (χ1) is 10.9. The predicted molar refractivity (Wildman–Crippen MR) is 80.0 cm³/mol. The molecule has 0 spiro atoms. The van der Waals surface area contributed by atoms with Crippen LogP contribution in [-0.2, 0) is 0 Å². The first-order valence-corrected chi connectivity index (χ1v) is 6.40. The highest BCUT2D eigenvalue weighted by molar-refractivity contribution is 5.99. The normalized spacial score (nSPS) is 10.8. The molecule has 1 aromatic carbocycles. The third-order valence-corrected chi connectivity index (χ3v) is 2.86. The Balaban J connectivity index is 2.19. The molecule has 9 nitrogen and oxygen atoms in total. The number of aliphatic imine (C=N–C) groups is 1. The number of benzene rings is 1. The molecule has 1 heterocycles. The maximum atomic E-state index is 12.0. The molecule has 0 saturated heterocycles. The fourth-order valence-corrected chi connectivity index (χ4v) is 1.80. The molecular formula is C14H11N3O6. The Hall–Kier alpha value is -3.36. The molecule has 118 valence electrons. The second-order valence-corrected chi connectivity index (χ2v) is 4.59. The van der Waals surface area contributed by atoms with E-state index in [0.717, 1.165) is 18.2 Å². The molecule has 0 saturated carbocycles. The molecule has 0 unspecified atom stereocenters. The van der Waals surface area contributed by atoms with Crippen LogP contribution in [0.15, 0.2) is 39.7 Å². The minimum Gasteiger partial charge on any atom is -0.460 e. The van der Waals surface area contributed by atoms with Crippen molar-refractivity contribution >= 4 is 23.4 Å². The van der Waals surface area contributed by atoms with Crippen molar-refractivity contribution in [2.75, 3.05) is 6.54 Å². The number of carbonyl (C=O) groups excluding carboxylic acids is 1. The first-order valence-electron chi connectivity index (χ1n) is 6.40. The van der Waals surface area contributed by atoms with Crippen molar-refractivity contribution < 1.29 is 19.1 Å². The Morgan fingerprint density at radius 2 is 1.78 bits per heavy atom. The molecule has 0 fully saturated rings. The van der Waals surface area contributed by atoms with Crippen LogP contribution in [-0.4, -0.2) is 28.4 Å². The molecule has 1 aromatic heterocycles. The Labute approximate surface area is 129 Å². The largest absolute Gasteiger partial charge is 0.460 e. The zero-order chi connectivity index (χ0) is 17.0. The van der Waals surface area contributed by atoms with Crippen molar-refractivity contribution in [3.05, 3.63) is 67.6 Å². The van der Waals surface area contributed by atoms with Gasteiger partial charge < -0.3 is 4.42 Å². The van der Waals surface area contributed by atoms with Crippen LogP contribution in [0.3, 0.4) is 0 Å². The fourth-order valence-electron chi connectivity index (χ4n) is 1.80. The van der Waals surface area contributed by atoms with E-state index in [1.807, 2.05) is 0 Å². The highest BCUT2D eigenvalue weighted by Crippen LogP contribution is 2.23. The summed E-state index contributed by atoms with van der Waals surface area (Å²) in [4.78, 5) is 35.8. The van der Waals surface area contributed by atoms with Gasteiger partial charge >= 0.3 is 0 Å². The van der Waals surface area contributed by atoms with Gasteiger partial charge in [-0.25, -0.2) is 0 Å². The number of nitro groups is 2.